The van der Waals surface area contributed by atoms with Gasteiger partial charge in [-0.3, -0.25) is 4.79 Å². The lowest BCUT2D eigenvalue weighted by Crippen LogP contribution is -2.13. The Labute approximate surface area is 148 Å². The largest absolute Gasteiger partial charge is 0.325 e. The van der Waals surface area contributed by atoms with Gasteiger partial charge in [0.2, 0.25) is 5.91 Å². The van der Waals surface area contributed by atoms with Crippen LogP contribution in [0.5, 0.6) is 0 Å². The zero-order valence-corrected chi connectivity index (χ0v) is 14.4. The maximum Gasteiger partial charge on any atom is 0.234 e. The zero-order chi connectivity index (χ0) is 16.2. The van der Waals surface area contributed by atoms with E-state index in [2.05, 4.69) is 29.6 Å². The van der Waals surface area contributed by atoms with E-state index in [1.54, 1.807) is 18.2 Å². The van der Waals surface area contributed by atoms with Gasteiger partial charge in [0.1, 0.15) is 0 Å². The van der Waals surface area contributed by atoms with Gasteiger partial charge in [0.05, 0.1) is 5.75 Å². The molecule has 0 spiro atoms. The lowest BCUT2D eigenvalue weighted by Gasteiger charge is -2.07. The van der Waals surface area contributed by atoms with Gasteiger partial charge in [-0.15, -0.1) is 11.8 Å². The lowest BCUT2D eigenvalue weighted by molar-refractivity contribution is -0.113. The fourth-order valence-corrected chi connectivity index (χ4v) is 3.50. The van der Waals surface area contributed by atoms with Gasteiger partial charge in [0.25, 0.3) is 0 Å². The van der Waals surface area contributed by atoms with E-state index < -0.39 is 0 Å². The van der Waals surface area contributed by atoms with Crippen molar-refractivity contribution >= 4 is 57.3 Å². The number of rotatable bonds is 4. The minimum Gasteiger partial charge on any atom is -0.325 e. The number of hydrogen-bond donors (Lipinski definition) is 1. The number of halogens is 2. The molecule has 0 saturated carbocycles. The molecule has 0 aliphatic heterocycles. The molecule has 5 heteroatoms. The average molecular weight is 362 g/mol. The maximum atomic E-state index is 12.1. The van der Waals surface area contributed by atoms with Crippen molar-refractivity contribution in [3.05, 3.63) is 70.7 Å². The molecule has 3 aromatic rings. The first-order valence-corrected chi connectivity index (χ1v) is 8.72. The molecule has 3 rings (SSSR count). The SMILES string of the molecule is O=C(CSc1ccc2ccccc2c1)Nc1cc(Cl)cc(Cl)c1. The second-order valence-corrected chi connectivity index (χ2v) is 6.93. The fourth-order valence-electron chi connectivity index (χ4n) is 2.23. The number of benzene rings is 3. The van der Waals surface area contributed by atoms with E-state index in [4.69, 9.17) is 23.2 Å². The minimum absolute atomic E-state index is 0.0958. The molecule has 0 radical (unpaired) electrons. The summed E-state index contributed by atoms with van der Waals surface area (Å²) in [6.45, 7) is 0. The topological polar surface area (TPSA) is 29.1 Å². The third kappa shape index (κ3) is 4.41. The molecular weight excluding hydrogens is 349 g/mol. The van der Waals surface area contributed by atoms with E-state index in [0.29, 0.717) is 21.5 Å². The van der Waals surface area contributed by atoms with Crippen LogP contribution < -0.4 is 5.32 Å². The van der Waals surface area contributed by atoms with Gasteiger partial charge in [-0.05, 0) is 41.1 Å². The first-order chi connectivity index (χ1) is 11.1. The van der Waals surface area contributed by atoms with E-state index in [1.165, 1.54) is 22.5 Å². The molecule has 0 bridgehead atoms. The normalized spacial score (nSPS) is 10.7. The summed E-state index contributed by atoms with van der Waals surface area (Å²) < 4.78 is 0. The van der Waals surface area contributed by atoms with Crippen LogP contribution in [0.2, 0.25) is 10.0 Å². The minimum atomic E-state index is -0.0958. The number of thioether (sulfide) groups is 1. The second kappa shape index (κ2) is 7.26. The molecule has 3 aromatic carbocycles. The van der Waals surface area contributed by atoms with E-state index in [1.807, 2.05) is 18.2 Å². The Bertz CT molecular complexity index is 846. The smallest absolute Gasteiger partial charge is 0.234 e. The van der Waals surface area contributed by atoms with Gasteiger partial charge < -0.3 is 5.32 Å². The molecule has 0 unspecified atom stereocenters. The predicted octanol–water partition coefficient (Wildman–Crippen LogP) is 5.88. The summed E-state index contributed by atoms with van der Waals surface area (Å²) in [6, 6.07) is 19.3. The van der Waals surface area contributed by atoms with Gasteiger partial charge in [0, 0.05) is 20.6 Å². The number of hydrogen-bond acceptors (Lipinski definition) is 2. The van der Waals surface area contributed by atoms with Crippen LogP contribution in [0.3, 0.4) is 0 Å². The summed E-state index contributed by atoms with van der Waals surface area (Å²) in [5.74, 6) is 0.226. The van der Waals surface area contributed by atoms with Crippen molar-refractivity contribution in [3.63, 3.8) is 0 Å². The van der Waals surface area contributed by atoms with Crippen LogP contribution >= 0.6 is 35.0 Å². The Morgan fingerprint density at radius 3 is 2.35 bits per heavy atom. The second-order valence-electron chi connectivity index (χ2n) is 5.00. The average Bonchev–Trinajstić information content (AvgIpc) is 2.52. The molecule has 2 nitrogen and oxygen atoms in total. The van der Waals surface area contributed by atoms with Gasteiger partial charge in [-0.1, -0.05) is 53.5 Å². The van der Waals surface area contributed by atoms with Crippen LogP contribution in [0.4, 0.5) is 5.69 Å². The summed E-state index contributed by atoms with van der Waals surface area (Å²) in [6.07, 6.45) is 0. The summed E-state index contributed by atoms with van der Waals surface area (Å²) in [5.41, 5.74) is 0.603. The molecule has 0 atom stereocenters. The Morgan fingerprint density at radius 2 is 1.61 bits per heavy atom. The fraction of sp³-hybridized carbons (Fsp3) is 0.0556. The van der Waals surface area contributed by atoms with E-state index in [0.717, 1.165) is 4.90 Å². The number of carbonyl (C=O) groups excluding carboxylic acids is 1. The van der Waals surface area contributed by atoms with Crippen LogP contribution in [0, 0.1) is 0 Å². The van der Waals surface area contributed by atoms with Crippen molar-refractivity contribution in [1.82, 2.24) is 0 Å². The number of anilines is 1. The molecule has 0 aliphatic rings. The standard InChI is InChI=1S/C18H13Cl2NOS/c19-14-8-15(20)10-16(9-14)21-18(22)11-23-17-6-5-12-3-1-2-4-13(12)7-17/h1-10H,11H2,(H,21,22). The zero-order valence-electron chi connectivity index (χ0n) is 12.1. The number of carbonyl (C=O) groups is 1. The number of amides is 1. The predicted molar refractivity (Wildman–Crippen MR) is 99.8 cm³/mol. The highest BCUT2D eigenvalue weighted by Gasteiger charge is 2.06. The van der Waals surface area contributed by atoms with E-state index in [-0.39, 0.29) is 5.91 Å². The van der Waals surface area contributed by atoms with E-state index >= 15 is 0 Å². The van der Waals surface area contributed by atoms with Crippen molar-refractivity contribution < 1.29 is 4.79 Å². The van der Waals surface area contributed by atoms with Crippen LogP contribution in [0.1, 0.15) is 0 Å². The molecule has 1 amide bonds. The molecule has 0 aliphatic carbocycles. The van der Waals surface area contributed by atoms with Gasteiger partial charge in [-0.25, -0.2) is 0 Å². The van der Waals surface area contributed by atoms with Crippen molar-refractivity contribution in [3.8, 4) is 0 Å². The molecule has 0 saturated heterocycles. The molecule has 116 valence electrons. The monoisotopic (exact) mass is 361 g/mol. The highest BCUT2D eigenvalue weighted by atomic mass is 35.5. The highest BCUT2D eigenvalue weighted by Crippen LogP contribution is 2.25. The quantitative estimate of drug-likeness (QED) is 0.588. The Hall–Kier alpha value is -1.68. The first kappa shape index (κ1) is 16.2. The molecule has 1 N–H and O–H groups in total. The lowest BCUT2D eigenvalue weighted by atomic mass is 10.1. The van der Waals surface area contributed by atoms with Crippen molar-refractivity contribution in [1.29, 1.82) is 0 Å². The molecule has 0 aromatic heterocycles. The third-order valence-corrected chi connectivity index (χ3v) is 4.67. The summed E-state index contributed by atoms with van der Waals surface area (Å²) >= 11 is 13.3. The van der Waals surface area contributed by atoms with Crippen LogP contribution in [-0.2, 0) is 4.79 Å². The molecular formula is C18H13Cl2NOS. The highest BCUT2D eigenvalue weighted by molar-refractivity contribution is 8.00. The summed E-state index contributed by atoms with van der Waals surface area (Å²) in [5, 5.41) is 6.15. The van der Waals surface area contributed by atoms with Crippen molar-refractivity contribution in [2.24, 2.45) is 0 Å². The Balaban J connectivity index is 1.63. The van der Waals surface area contributed by atoms with Gasteiger partial charge >= 0.3 is 0 Å². The van der Waals surface area contributed by atoms with Crippen molar-refractivity contribution in [2.75, 3.05) is 11.1 Å². The first-order valence-electron chi connectivity index (χ1n) is 6.98. The Morgan fingerprint density at radius 1 is 0.913 bits per heavy atom. The maximum absolute atomic E-state index is 12.1. The van der Waals surface area contributed by atoms with Crippen molar-refractivity contribution in [2.45, 2.75) is 4.90 Å². The van der Waals surface area contributed by atoms with Gasteiger partial charge in [-0.2, -0.15) is 0 Å². The third-order valence-electron chi connectivity index (χ3n) is 3.24. The van der Waals surface area contributed by atoms with Gasteiger partial charge in [0.15, 0.2) is 0 Å². The van der Waals surface area contributed by atoms with Crippen LogP contribution in [0.15, 0.2) is 65.6 Å². The number of fused-ring (bicyclic) bond motifs is 1. The Kier molecular flexibility index (Phi) is 5.11. The van der Waals surface area contributed by atoms with Crippen LogP contribution in [-0.4, -0.2) is 11.7 Å². The summed E-state index contributed by atoms with van der Waals surface area (Å²) in [4.78, 5) is 13.1. The molecule has 0 heterocycles. The summed E-state index contributed by atoms with van der Waals surface area (Å²) in [7, 11) is 0. The molecule has 0 fully saturated rings. The van der Waals surface area contributed by atoms with E-state index in [9.17, 15) is 4.79 Å². The molecule has 23 heavy (non-hydrogen) atoms. The number of nitrogens with one attached hydrogen (secondary N) is 1. The van der Waals surface area contributed by atoms with Crippen LogP contribution in [0.25, 0.3) is 10.8 Å².